The summed E-state index contributed by atoms with van der Waals surface area (Å²) in [4.78, 5) is 15.3. The van der Waals surface area contributed by atoms with Crippen LogP contribution in [0.2, 0.25) is 0 Å². The highest BCUT2D eigenvalue weighted by Gasteiger charge is 2.24. The molecule has 0 amide bonds. The van der Waals surface area contributed by atoms with Crippen molar-refractivity contribution in [3.8, 4) is 0 Å². The van der Waals surface area contributed by atoms with Crippen LogP contribution in [0.5, 0.6) is 0 Å². The van der Waals surface area contributed by atoms with Crippen molar-refractivity contribution in [3.05, 3.63) is 32.8 Å². The standard InChI is InChI=1S/C13H17N3O2S/c1-4-10(14)7(2)9-5-11-13(19-8(3)15-11)6-12(9)16(17)18/h5-7,10H,4,14H2,1-3H3. The lowest BCUT2D eigenvalue weighted by molar-refractivity contribution is -0.385. The second kappa shape index (κ2) is 5.22. The van der Waals surface area contributed by atoms with Crippen LogP contribution in [0.25, 0.3) is 10.2 Å². The monoisotopic (exact) mass is 279 g/mol. The first-order valence-electron chi connectivity index (χ1n) is 6.25. The molecule has 102 valence electrons. The lowest BCUT2D eigenvalue weighted by atomic mass is 9.91. The zero-order valence-electron chi connectivity index (χ0n) is 11.2. The largest absolute Gasteiger partial charge is 0.327 e. The maximum absolute atomic E-state index is 11.2. The van der Waals surface area contributed by atoms with Gasteiger partial charge in [-0.25, -0.2) is 4.98 Å². The summed E-state index contributed by atoms with van der Waals surface area (Å²) in [7, 11) is 0. The summed E-state index contributed by atoms with van der Waals surface area (Å²) in [6.07, 6.45) is 0.784. The smallest absolute Gasteiger partial charge is 0.274 e. The van der Waals surface area contributed by atoms with Gasteiger partial charge in [-0.2, -0.15) is 0 Å². The first-order chi connectivity index (χ1) is 8.93. The molecule has 0 saturated carbocycles. The number of nitrogens with two attached hydrogens (primary N) is 1. The third-order valence-corrected chi connectivity index (χ3v) is 4.38. The summed E-state index contributed by atoms with van der Waals surface area (Å²) in [6, 6.07) is 3.35. The number of benzene rings is 1. The number of rotatable bonds is 4. The molecule has 2 rings (SSSR count). The minimum absolute atomic E-state index is 0.0585. The van der Waals surface area contributed by atoms with Crippen molar-refractivity contribution in [1.29, 1.82) is 0 Å². The van der Waals surface area contributed by atoms with E-state index < -0.39 is 0 Å². The molecule has 0 aliphatic carbocycles. The fourth-order valence-electron chi connectivity index (χ4n) is 2.20. The molecular formula is C13H17N3O2S. The Morgan fingerprint density at radius 1 is 1.53 bits per heavy atom. The molecule has 0 radical (unpaired) electrons. The van der Waals surface area contributed by atoms with Gasteiger partial charge in [-0.05, 0) is 19.4 Å². The van der Waals surface area contributed by atoms with E-state index >= 15 is 0 Å². The Hall–Kier alpha value is -1.53. The fourth-order valence-corrected chi connectivity index (χ4v) is 3.04. The van der Waals surface area contributed by atoms with Crippen LogP contribution in [-0.2, 0) is 0 Å². The minimum Gasteiger partial charge on any atom is -0.327 e. The van der Waals surface area contributed by atoms with Crippen molar-refractivity contribution in [2.24, 2.45) is 5.73 Å². The maximum atomic E-state index is 11.2. The molecule has 19 heavy (non-hydrogen) atoms. The first kappa shape index (κ1) is 13.9. The summed E-state index contributed by atoms with van der Waals surface area (Å²) in [6.45, 7) is 5.82. The number of aryl methyl sites for hydroxylation is 1. The van der Waals surface area contributed by atoms with Gasteiger partial charge in [0, 0.05) is 23.6 Å². The van der Waals surface area contributed by atoms with Gasteiger partial charge >= 0.3 is 0 Å². The zero-order chi connectivity index (χ0) is 14.2. The SMILES string of the molecule is CCC(N)C(C)c1cc2nc(C)sc2cc1[N+](=O)[O-]. The Kier molecular flexibility index (Phi) is 3.82. The maximum Gasteiger partial charge on any atom is 0.274 e. The molecule has 0 fully saturated rings. The fraction of sp³-hybridized carbons (Fsp3) is 0.462. The number of fused-ring (bicyclic) bond motifs is 1. The molecule has 0 aliphatic rings. The normalized spacial score (nSPS) is 14.5. The molecule has 1 aromatic heterocycles. The average Bonchev–Trinajstić information content (AvgIpc) is 2.74. The molecule has 6 heteroatoms. The van der Waals surface area contributed by atoms with Crippen molar-refractivity contribution < 1.29 is 4.92 Å². The second-order valence-corrected chi connectivity index (χ2v) is 5.96. The predicted molar refractivity (Wildman–Crippen MR) is 77.7 cm³/mol. The van der Waals surface area contributed by atoms with Gasteiger partial charge in [0.1, 0.15) is 0 Å². The average molecular weight is 279 g/mol. The van der Waals surface area contributed by atoms with Gasteiger partial charge in [-0.1, -0.05) is 13.8 Å². The molecule has 1 aromatic carbocycles. The Labute approximate surface area is 115 Å². The lowest BCUT2D eigenvalue weighted by Crippen LogP contribution is -2.26. The molecular weight excluding hydrogens is 262 g/mol. The van der Waals surface area contributed by atoms with Crippen molar-refractivity contribution in [2.75, 3.05) is 0 Å². The highest BCUT2D eigenvalue weighted by atomic mass is 32.1. The van der Waals surface area contributed by atoms with Gasteiger partial charge in [0.2, 0.25) is 0 Å². The van der Waals surface area contributed by atoms with Crippen molar-refractivity contribution in [2.45, 2.75) is 39.2 Å². The molecule has 0 aliphatic heterocycles. The Morgan fingerprint density at radius 3 is 2.79 bits per heavy atom. The molecule has 1 heterocycles. The van der Waals surface area contributed by atoms with Crippen LogP contribution in [0.15, 0.2) is 12.1 Å². The van der Waals surface area contributed by atoms with E-state index in [9.17, 15) is 10.1 Å². The van der Waals surface area contributed by atoms with Crippen LogP contribution in [0.4, 0.5) is 5.69 Å². The number of thiazole rings is 1. The Morgan fingerprint density at radius 2 is 2.21 bits per heavy atom. The topological polar surface area (TPSA) is 82.0 Å². The van der Waals surface area contributed by atoms with E-state index in [1.165, 1.54) is 11.3 Å². The van der Waals surface area contributed by atoms with Crippen molar-refractivity contribution in [3.63, 3.8) is 0 Å². The van der Waals surface area contributed by atoms with Crippen LogP contribution < -0.4 is 5.73 Å². The lowest BCUT2D eigenvalue weighted by Gasteiger charge is -2.18. The molecule has 0 saturated heterocycles. The Balaban J connectivity index is 2.62. The number of hydrogen-bond donors (Lipinski definition) is 1. The van der Waals surface area contributed by atoms with Crippen LogP contribution in [0.3, 0.4) is 0 Å². The molecule has 2 N–H and O–H groups in total. The van der Waals surface area contributed by atoms with Crippen molar-refractivity contribution in [1.82, 2.24) is 4.98 Å². The number of nitro groups is 1. The number of nitrogens with zero attached hydrogens (tertiary/aromatic N) is 2. The highest BCUT2D eigenvalue weighted by Crippen LogP contribution is 2.34. The van der Waals surface area contributed by atoms with E-state index in [0.29, 0.717) is 5.56 Å². The highest BCUT2D eigenvalue weighted by molar-refractivity contribution is 7.18. The third-order valence-electron chi connectivity index (χ3n) is 3.44. The van der Waals surface area contributed by atoms with Gasteiger partial charge in [0.15, 0.2) is 0 Å². The zero-order valence-corrected chi connectivity index (χ0v) is 12.0. The van der Waals surface area contributed by atoms with Crippen LogP contribution >= 0.6 is 11.3 Å². The van der Waals surface area contributed by atoms with E-state index in [2.05, 4.69) is 4.98 Å². The van der Waals surface area contributed by atoms with Crippen molar-refractivity contribution >= 4 is 27.2 Å². The van der Waals surface area contributed by atoms with Crippen LogP contribution in [0.1, 0.15) is 36.8 Å². The summed E-state index contributed by atoms with van der Waals surface area (Å²) in [5.74, 6) is -0.0585. The summed E-state index contributed by atoms with van der Waals surface area (Å²) in [5, 5.41) is 12.1. The first-order valence-corrected chi connectivity index (χ1v) is 7.06. The molecule has 0 spiro atoms. The van der Waals surface area contributed by atoms with Gasteiger partial charge < -0.3 is 5.73 Å². The molecule has 2 atom stereocenters. The third kappa shape index (κ3) is 2.59. The van der Waals surface area contributed by atoms with E-state index in [4.69, 9.17) is 5.73 Å². The van der Waals surface area contributed by atoms with E-state index in [0.717, 1.165) is 21.6 Å². The van der Waals surface area contributed by atoms with Gasteiger partial charge in [-0.15, -0.1) is 11.3 Å². The predicted octanol–water partition coefficient (Wildman–Crippen LogP) is 3.35. The van der Waals surface area contributed by atoms with E-state index in [1.807, 2.05) is 26.8 Å². The minimum atomic E-state index is -0.331. The van der Waals surface area contributed by atoms with Gasteiger partial charge in [0.05, 0.1) is 20.1 Å². The second-order valence-electron chi connectivity index (χ2n) is 4.73. The summed E-state index contributed by atoms with van der Waals surface area (Å²) in [5.41, 5.74) is 7.67. The van der Waals surface area contributed by atoms with E-state index in [1.54, 1.807) is 6.07 Å². The summed E-state index contributed by atoms with van der Waals surface area (Å²) < 4.78 is 0.852. The molecule has 2 unspecified atom stereocenters. The van der Waals surface area contributed by atoms with Crippen LogP contribution in [0, 0.1) is 17.0 Å². The van der Waals surface area contributed by atoms with E-state index in [-0.39, 0.29) is 22.6 Å². The number of nitro benzene ring substituents is 1. The van der Waals surface area contributed by atoms with Gasteiger partial charge in [0.25, 0.3) is 5.69 Å². The molecule has 2 aromatic rings. The number of hydrogen-bond acceptors (Lipinski definition) is 5. The van der Waals surface area contributed by atoms with Crippen LogP contribution in [-0.4, -0.2) is 15.9 Å². The Bertz CT molecular complexity index is 624. The van der Waals surface area contributed by atoms with Gasteiger partial charge in [-0.3, -0.25) is 10.1 Å². The number of aromatic nitrogens is 1. The summed E-state index contributed by atoms with van der Waals surface area (Å²) >= 11 is 1.47. The molecule has 0 bridgehead atoms. The molecule has 5 nitrogen and oxygen atoms in total. The quantitative estimate of drug-likeness (QED) is 0.687.